The molecule has 4 rings (SSSR count). The number of hydrogen-bond donors (Lipinski definition) is 3. The summed E-state index contributed by atoms with van der Waals surface area (Å²) in [5.41, 5.74) is 6.84. The van der Waals surface area contributed by atoms with E-state index in [0.29, 0.717) is 17.8 Å². The average molecular weight is 352 g/mol. The highest BCUT2D eigenvalue weighted by atomic mass is 16.2. The van der Waals surface area contributed by atoms with E-state index in [0.717, 1.165) is 16.2 Å². The molecule has 2 aliphatic rings. The number of fused-ring (bicyclic) bond motifs is 2. The number of carbonyl (C=O) groups is 3. The Labute approximate surface area is 148 Å². The standard InChI is InChI=1S/C18H16N4O4/c1-18(2)7-20-15(24)9-5-8(3-4-11(9)18)22-12(23)6-10-13(14(22)19)17(26)21-16(10)25/h3-6H,7,19H2,1-2H3,(H,20,24)(H,21,25,26). The van der Waals surface area contributed by atoms with Crippen LogP contribution in [0.1, 0.15) is 50.5 Å². The molecule has 132 valence electrons. The predicted molar refractivity (Wildman–Crippen MR) is 93.6 cm³/mol. The summed E-state index contributed by atoms with van der Waals surface area (Å²) in [7, 11) is 0. The number of rotatable bonds is 1. The fraction of sp³-hybridized carbons (Fsp3) is 0.222. The monoisotopic (exact) mass is 352 g/mol. The topological polar surface area (TPSA) is 123 Å². The summed E-state index contributed by atoms with van der Waals surface area (Å²) in [5, 5.41) is 4.95. The van der Waals surface area contributed by atoms with Gasteiger partial charge in [0.15, 0.2) is 0 Å². The molecule has 0 bridgehead atoms. The van der Waals surface area contributed by atoms with Crippen LogP contribution in [0, 0.1) is 0 Å². The van der Waals surface area contributed by atoms with Crippen molar-refractivity contribution in [3.8, 4) is 5.69 Å². The number of aromatic nitrogens is 1. The number of pyridine rings is 1. The van der Waals surface area contributed by atoms with Crippen molar-refractivity contribution in [2.75, 3.05) is 12.3 Å². The van der Waals surface area contributed by atoms with Crippen LogP contribution in [0.4, 0.5) is 5.82 Å². The van der Waals surface area contributed by atoms with Crippen LogP contribution >= 0.6 is 0 Å². The second-order valence-electron chi connectivity index (χ2n) is 7.07. The van der Waals surface area contributed by atoms with Gasteiger partial charge in [-0.05, 0) is 17.7 Å². The second kappa shape index (κ2) is 5.04. The summed E-state index contributed by atoms with van der Waals surface area (Å²) in [6.45, 7) is 4.54. The molecule has 0 saturated heterocycles. The van der Waals surface area contributed by atoms with Crippen LogP contribution in [0.3, 0.4) is 0 Å². The van der Waals surface area contributed by atoms with E-state index in [1.54, 1.807) is 18.2 Å². The highest BCUT2D eigenvalue weighted by Gasteiger charge is 2.34. The number of nitrogens with zero attached hydrogens (tertiary/aromatic N) is 1. The van der Waals surface area contributed by atoms with Crippen molar-refractivity contribution in [1.82, 2.24) is 15.2 Å². The van der Waals surface area contributed by atoms with Crippen molar-refractivity contribution in [3.63, 3.8) is 0 Å². The molecule has 1 aromatic carbocycles. The van der Waals surface area contributed by atoms with Crippen LogP contribution in [0.25, 0.3) is 5.69 Å². The minimum Gasteiger partial charge on any atom is -0.384 e. The van der Waals surface area contributed by atoms with E-state index in [1.165, 1.54) is 0 Å². The molecule has 0 atom stereocenters. The molecule has 0 spiro atoms. The normalized spacial score (nSPS) is 17.4. The van der Waals surface area contributed by atoms with Crippen LogP contribution in [-0.2, 0) is 5.41 Å². The van der Waals surface area contributed by atoms with Crippen molar-refractivity contribution in [1.29, 1.82) is 0 Å². The summed E-state index contributed by atoms with van der Waals surface area (Å²) in [6, 6.07) is 6.12. The molecule has 0 fully saturated rings. The van der Waals surface area contributed by atoms with E-state index >= 15 is 0 Å². The molecule has 0 radical (unpaired) electrons. The average Bonchev–Trinajstić information content (AvgIpc) is 2.85. The lowest BCUT2D eigenvalue weighted by molar-refractivity contribution is 0.0877. The van der Waals surface area contributed by atoms with Gasteiger partial charge >= 0.3 is 0 Å². The zero-order valence-electron chi connectivity index (χ0n) is 14.2. The molecule has 0 aliphatic carbocycles. The SMILES string of the molecule is CC1(C)CNC(=O)c2cc(-n3c(N)c4c(cc3=O)C(=O)NC4=O)ccc21. The first-order chi connectivity index (χ1) is 12.2. The van der Waals surface area contributed by atoms with Gasteiger partial charge in [-0.25, -0.2) is 0 Å². The van der Waals surface area contributed by atoms with Gasteiger partial charge < -0.3 is 11.1 Å². The molecule has 3 heterocycles. The molecular weight excluding hydrogens is 336 g/mol. The Morgan fingerprint density at radius 1 is 1.00 bits per heavy atom. The maximum Gasteiger partial charge on any atom is 0.262 e. The molecule has 1 aromatic heterocycles. The van der Waals surface area contributed by atoms with Crippen molar-refractivity contribution in [3.05, 3.63) is 56.9 Å². The molecule has 4 N–H and O–H groups in total. The van der Waals surface area contributed by atoms with Gasteiger partial charge in [0, 0.05) is 23.6 Å². The van der Waals surface area contributed by atoms with Gasteiger partial charge in [-0.3, -0.25) is 29.1 Å². The van der Waals surface area contributed by atoms with E-state index in [-0.39, 0.29) is 28.3 Å². The molecule has 2 aromatic rings. The Morgan fingerprint density at radius 2 is 1.73 bits per heavy atom. The maximum atomic E-state index is 12.5. The van der Waals surface area contributed by atoms with Crippen molar-refractivity contribution >= 4 is 23.5 Å². The molecule has 8 nitrogen and oxygen atoms in total. The third-order valence-electron chi connectivity index (χ3n) is 4.88. The number of imide groups is 1. The maximum absolute atomic E-state index is 12.5. The van der Waals surface area contributed by atoms with E-state index in [4.69, 9.17) is 5.73 Å². The zero-order chi connectivity index (χ0) is 18.8. The van der Waals surface area contributed by atoms with Gasteiger partial charge in [0.1, 0.15) is 5.82 Å². The number of carbonyl (C=O) groups excluding carboxylic acids is 3. The molecule has 2 aliphatic heterocycles. The molecule has 0 saturated carbocycles. The first kappa shape index (κ1) is 16.1. The fourth-order valence-corrected chi connectivity index (χ4v) is 3.49. The molecular formula is C18H16N4O4. The number of hydrogen-bond acceptors (Lipinski definition) is 5. The Hall–Kier alpha value is -3.42. The highest BCUT2D eigenvalue weighted by molar-refractivity contribution is 6.23. The quantitative estimate of drug-likeness (QED) is 0.638. The van der Waals surface area contributed by atoms with E-state index < -0.39 is 17.4 Å². The minimum absolute atomic E-state index is 0.0305. The Balaban J connectivity index is 1.96. The molecule has 3 amide bonds. The third-order valence-corrected chi connectivity index (χ3v) is 4.88. The largest absolute Gasteiger partial charge is 0.384 e. The molecule has 0 unspecified atom stereocenters. The Bertz CT molecular complexity index is 1080. The van der Waals surface area contributed by atoms with Crippen LogP contribution < -0.4 is 21.9 Å². The summed E-state index contributed by atoms with van der Waals surface area (Å²) >= 11 is 0. The molecule has 26 heavy (non-hydrogen) atoms. The van der Waals surface area contributed by atoms with E-state index in [1.807, 2.05) is 13.8 Å². The van der Waals surface area contributed by atoms with Crippen LogP contribution in [0.15, 0.2) is 29.1 Å². The summed E-state index contributed by atoms with van der Waals surface area (Å²) in [6.07, 6.45) is 0. The fourth-order valence-electron chi connectivity index (χ4n) is 3.49. The third kappa shape index (κ3) is 2.08. The van der Waals surface area contributed by atoms with Crippen LogP contribution in [0.5, 0.6) is 0 Å². The number of nitrogens with two attached hydrogens (primary N) is 1. The van der Waals surface area contributed by atoms with Gasteiger partial charge in [-0.2, -0.15) is 0 Å². The van der Waals surface area contributed by atoms with Crippen LogP contribution in [0.2, 0.25) is 0 Å². The summed E-state index contributed by atoms with van der Waals surface area (Å²) in [4.78, 5) is 48.5. The summed E-state index contributed by atoms with van der Waals surface area (Å²) in [5.74, 6) is -1.66. The lowest BCUT2D eigenvalue weighted by Gasteiger charge is -2.32. The van der Waals surface area contributed by atoms with Crippen molar-refractivity contribution < 1.29 is 14.4 Å². The number of nitrogen functional groups attached to an aromatic ring is 1. The first-order valence-corrected chi connectivity index (χ1v) is 8.05. The van der Waals surface area contributed by atoms with Crippen molar-refractivity contribution in [2.45, 2.75) is 19.3 Å². The smallest absolute Gasteiger partial charge is 0.262 e. The van der Waals surface area contributed by atoms with Gasteiger partial charge in [-0.1, -0.05) is 19.9 Å². The van der Waals surface area contributed by atoms with Gasteiger partial charge in [0.2, 0.25) is 0 Å². The molecule has 8 heteroatoms. The van der Waals surface area contributed by atoms with Crippen LogP contribution in [-0.4, -0.2) is 28.8 Å². The number of amides is 3. The number of nitrogens with one attached hydrogen (secondary N) is 2. The van der Waals surface area contributed by atoms with E-state index in [2.05, 4.69) is 10.6 Å². The number of anilines is 1. The lowest BCUT2D eigenvalue weighted by atomic mass is 9.79. The van der Waals surface area contributed by atoms with E-state index in [9.17, 15) is 19.2 Å². The summed E-state index contributed by atoms with van der Waals surface area (Å²) < 4.78 is 1.13. The van der Waals surface area contributed by atoms with Gasteiger partial charge in [0.05, 0.1) is 16.8 Å². The zero-order valence-corrected chi connectivity index (χ0v) is 14.2. The Morgan fingerprint density at radius 3 is 2.46 bits per heavy atom. The Kier molecular flexibility index (Phi) is 3.12. The predicted octanol–water partition coefficient (Wildman–Crippen LogP) is 0.324. The minimum atomic E-state index is -0.646. The highest BCUT2D eigenvalue weighted by Crippen LogP contribution is 2.31. The lowest BCUT2D eigenvalue weighted by Crippen LogP contribution is -2.43. The van der Waals surface area contributed by atoms with Crippen molar-refractivity contribution in [2.24, 2.45) is 0 Å². The van der Waals surface area contributed by atoms with Gasteiger partial charge in [0.25, 0.3) is 23.3 Å². The second-order valence-corrected chi connectivity index (χ2v) is 7.07. The number of benzene rings is 1. The first-order valence-electron chi connectivity index (χ1n) is 8.05. The van der Waals surface area contributed by atoms with Gasteiger partial charge in [-0.15, -0.1) is 0 Å².